The van der Waals surface area contributed by atoms with Crippen LogP contribution in [0.25, 0.3) is 0 Å². The molecule has 0 saturated carbocycles. The number of aromatic nitrogens is 1. The molecule has 0 saturated heterocycles. The quantitative estimate of drug-likeness (QED) is 0.758. The van der Waals surface area contributed by atoms with Gasteiger partial charge in [-0.2, -0.15) is 0 Å². The minimum absolute atomic E-state index is 0.483. The van der Waals surface area contributed by atoms with Crippen molar-refractivity contribution in [2.24, 2.45) is 11.7 Å². The molecule has 3 nitrogen and oxygen atoms in total. The van der Waals surface area contributed by atoms with Gasteiger partial charge < -0.3 is 10.5 Å². The summed E-state index contributed by atoms with van der Waals surface area (Å²) in [5.74, 6) is 1.33. The van der Waals surface area contributed by atoms with Gasteiger partial charge in [-0.05, 0) is 30.5 Å². The third kappa shape index (κ3) is 2.70. The molecule has 0 amide bonds. The van der Waals surface area contributed by atoms with E-state index in [0.717, 1.165) is 12.2 Å². The topological polar surface area (TPSA) is 48.1 Å². The fraction of sp³-hybridized carbons (Fsp3) is 0.500. The Morgan fingerprint density at radius 1 is 1.62 bits per heavy atom. The number of rotatable bonds is 4. The summed E-state index contributed by atoms with van der Waals surface area (Å²) in [6.07, 6.45) is 4.46. The minimum atomic E-state index is 0.483. The Morgan fingerprint density at radius 2 is 2.38 bits per heavy atom. The molecular weight excluding hydrogens is 164 g/mol. The van der Waals surface area contributed by atoms with Crippen molar-refractivity contribution in [1.29, 1.82) is 0 Å². The Bertz CT molecular complexity index is 263. The molecule has 1 unspecified atom stereocenters. The number of nitrogens with zero attached hydrogens (tertiary/aromatic N) is 1. The third-order valence-corrected chi connectivity index (χ3v) is 2.06. The first-order valence-electron chi connectivity index (χ1n) is 4.45. The van der Waals surface area contributed by atoms with Gasteiger partial charge in [-0.15, -0.1) is 0 Å². The highest BCUT2D eigenvalue weighted by molar-refractivity contribution is 5.29. The van der Waals surface area contributed by atoms with Gasteiger partial charge in [-0.25, -0.2) is 0 Å². The van der Waals surface area contributed by atoms with Gasteiger partial charge in [0, 0.05) is 6.20 Å². The Morgan fingerprint density at radius 3 is 3.00 bits per heavy atom. The first kappa shape index (κ1) is 9.99. The van der Waals surface area contributed by atoms with Crippen molar-refractivity contribution < 1.29 is 4.74 Å². The lowest BCUT2D eigenvalue weighted by molar-refractivity contribution is 0.404. The summed E-state index contributed by atoms with van der Waals surface area (Å²) in [7, 11) is 1.66. The molecule has 0 radical (unpaired) electrons. The van der Waals surface area contributed by atoms with E-state index < -0.39 is 0 Å². The molecule has 0 spiro atoms. The highest BCUT2D eigenvalue weighted by Crippen LogP contribution is 2.18. The van der Waals surface area contributed by atoms with Crippen LogP contribution >= 0.6 is 0 Å². The van der Waals surface area contributed by atoms with Crippen LogP contribution < -0.4 is 10.5 Å². The van der Waals surface area contributed by atoms with Crippen molar-refractivity contribution in [3.63, 3.8) is 0 Å². The highest BCUT2D eigenvalue weighted by Gasteiger charge is 2.06. The van der Waals surface area contributed by atoms with Crippen LogP contribution in [0.15, 0.2) is 18.5 Å². The normalized spacial score (nSPS) is 12.5. The van der Waals surface area contributed by atoms with Crippen molar-refractivity contribution in [2.75, 3.05) is 13.7 Å². The SMILES string of the molecule is COc1cnccc1CC(C)CN. The Kier molecular flexibility index (Phi) is 3.71. The number of hydrogen-bond acceptors (Lipinski definition) is 3. The van der Waals surface area contributed by atoms with Crippen molar-refractivity contribution >= 4 is 0 Å². The predicted molar refractivity (Wildman–Crippen MR) is 52.7 cm³/mol. The summed E-state index contributed by atoms with van der Waals surface area (Å²) < 4.78 is 5.19. The summed E-state index contributed by atoms with van der Waals surface area (Å²) in [6, 6.07) is 1.98. The molecule has 1 atom stereocenters. The van der Waals surface area contributed by atoms with Gasteiger partial charge in [-0.3, -0.25) is 4.98 Å². The molecule has 0 aliphatic carbocycles. The highest BCUT2D eigenvalue weighted by atomic mass is 16.5. The van der Waals surface area contributed by atoms with Gasteiger partial charge in [0.2, 0.25) is 0 Å². The number of methoxy groups -OCH3 is 1. The summed E-state index contributed by atoms with van der Waals surface area (Å²) in [5, 5.41) is 0. The minimum Gasteiger partial charge on any atom is -0.495 e. The fourth-order valence-electron chi connectivity index (χ4n) is 1.22. The van der Waals surface area contributed by atoms with Gasteiger partial charge in [0.1, 0.15) is 5.75 Å². The second-order valence-electron chi connectivity index (χ2n) is 3.23. The average molecular weight is 180 g/mol. The third-order valence-electron chi connectivity index (χ3n) is 2.06. The molecule has 1 rings (SSSR count). The summed E-state index contributed by atoms with van der Waals surface area (Å²) in [4.78, 5) is 3.99. The molecule has 72 valence electrons. The second kappa shape index (κ2) is 4.82. The molecule has 0 aliphatic rings. The molecular formula is C10H16N2O. The monoisotopic (exact) mass is 180 g/mol. The number of pyridine rings is 1. The second-order valence-corrected chi connectivity index (χ2v) is 3.23. The maximum atomic E-state index is 5.55. The number of nitrogens with two attached hydrogens (primary N) is 1. The molecule has 3 heteroatoms. The zero-order valence-corrected chi connectivity index (χ0v) is 8.16. The number of ether oxygens (including phenoxy) is 1. The van der Waals surface area contributed by atoms with Crippen LogP contribution in [-0.4, -0.2) is 18.6 Å². The Hall–Kier alpha value is -1.09. The van der Waals surface area contributed by atoms with Gasteiger partial charge in [0.05, 0.1) is 13.3 Å². The molecule has 2 N–H and O–H groups in total. The predicted octanol–water partition coefficient (Wildman–Crippen LogP) is 1.23. The van der Waals surface area contributed by atoms with Crippen molar-refractivity contribution in [2.45, 2.75) is 13.3 Å². The Labute approximate surface area is 78.9 Å². The average Bonchev–Trinajstić information content (AvgIpc) is 2.18. The van der Waals surface area contributed by atoms with Crippen LogP contribution in [0.4, 0.5) is 0 Å². The summed E-state index contributed by atoms with van der Waals surface area (Å²) in [5.41, 5.74) is 6.73. The molecule has 1 heterocycles. The molecule has 1 aromatic heterocycles. The maximum absolute atomic E-state index is 5.55. The van der Waals surface area contributed by atoms with Crippen LogP contribution in [-0.2, 0) is 6.42 Å². The first-order valence-corrected chi connectivity index (χ1v) is 4.45. The number of hydrogen-bond donors (Lipinski definition) is 1. The van der Waals surface area contributed by atoms with Crippen LogP contribution in [0.3, 0.4) is 0 Å². The van der Waals surface area contributed by atoms with Crippen molar-refractivity contribution in [1.82, 2.24) is 4.98 Å². The lowest BCUT2D eigenvalue weighted by Gasteiger charge is -2.11. The van der Waals surface area contributed by atoms with Crippen LogP contribution in [0, 0.1) is 5.92 Å². The van der Waals surface area contributed by atoms with E-state index in [4.69, 9.17) is 10.5 Å². The van der Waals surface area contributed by atoms with Gasteiger partial charge in [0.25, 0.3) is 0 Å². The molecule has 0 fully saturated rings. The molecule has 1 aromatic rings. The standard InChI is InChI=1S/C10H16N2O/c1-8(6-11)5-9-3-4-12-7-10(9)13-2/h3-4,7-8H,5-6,11H2,1-2H3. The lowest BCUT2D eigenvalue weighted by atomic mass is 10.0. The van der Waals surface area contributed by atoms with E-state index in [1.54, 1.807) is 19.5 Å². The van der Waals surface area contributed by atoms with Crippen molar-refractivity contribution in [3.8, 4) is 5.75 Å². The Balaban J connectivity index is 2.74. The lowest BCUT2D eigenvalue weighted by Crippen LogP contribution is -2.13. The van der Waals surface area contributed by atoms with E-state index in [1.165, 1.54) is 5.56 Å². The molecule has 0 aromatic carbocycles. The van der Waals surface area contributed by atoms with E-state index >= 15 is 0 Å². The van der Waals surface area contributed by atoms with Crippen LogP contribution in [0.5, 0.6) is 5.75 Å². The van der Waals surface area contributed by atoms with Crippen LogP contribution in [0.2, 0.25) is 0 Å². The van der Waals surface area contributed by atoms with E-state index in [0.29, 0.717) is 12.5 Å². The van der Waals surface area contributed by atoms with Gasteiger partial charge in [-0.1, -0.05) is 6.92 Å². The first-order chi connectivity index (χ1) is 6.27. The zero-order valence-electron chi connectivity index (χ0n) is 8.16. The molecule has 0 aliphatic heterocycles. The van der Waals surface area contributed by atoms with E-state index in [1.807, 2.05) is 6.07 Å². The van der Waals surface area contributed by atoms with E-state index in [9.17, 15) is 0 Å². The van der Waals surface area contributed by atoms with Gasteiger partial charge in [0.15, 0.2) is 0 Å². The summed E-state index contributed by atoms with van der Waals surface area (Å²) in [6.45, 7) is 2.82. The molecule has 0 bridgehead atoms. The van der Waals surface area contributed by atoms with Crippen molar-refractivity contribution in [3.05, 3.63) is 24.0 Å². The smallest absolute Gasteiger partial charge is 0.140 e. The fourth-order valence-corrected chi connectivity index (χ4v) is 1.22. The largest absolute Gasteiger partial charge is 0.495 e. The van der Waals surface area contributed by atoms with E-state index in [-0.39, 0.29) is 0 Å². The van der Waals surface area contributed by atoms with Gasteiger partial charge >= 0.3 is 0 Å². The zero-order chi connectivity index (χ0) is 9.68. The molecule has 13 heavy (non-hydrogen) atoms. The van der Waals surface area contributed by atoms with Crippen LogP contribution in [0.1, 0.15) is 12.5 Å². The summed E-state index contributed by atoms with van der Waals surface area (Å²) >= 11 is 0. The van der Waals surface area contributed by atoms with E-state index in [2.05, 4.69) is 11.9 Å². The maximum Gasteiger partial charge on any atom is 0.140 e.